The number of methoxy groups -OCH3 is 3. The predicted octanol–water partition coefficient (Wildman–Crippen LogP) is 2.61. The largest absolute Gasteiger partial charge is 0.493 e. The minimum Gasteiger partial charge on any atom is -0.493 e. The van der Waals surface area contributed by atoms with Crippen LogP contribution in [0.15, 0.2) is 17.1 Å². The number of hydrogen-bond donors (Lipinski definition) is 2. The first-order valence-electron chi connectivity index (χ1n) is 9.45. The van der Waals surface area contributed by atoms with E-state index in [0.29, 0.717) is 42.8 Å². The number of carbonyl (C=O) groups excluding carboxylic acids is 1. The molecule has 170 valence electrons. The third-order valence-electron chi connectivity index (χ3n) is 4.33. The van der Waals surface area contributed by atoms with Crippen LogP contribution in [-0.2, 0) is 11.3 Å². The quantitative estimate of drug-likeness (QED) is 0.328. The Bertz CT molecular complexity index is 745. The van der Waals surface area contributed by atoms with E-state index < -0.39 is 5.60 Å². The summed E-state index contributed by atoms with van der Waals surface area (Å²) in [7, 11) is 6.45. The van der Waals surface area contributed by atoms with Crippen molar-refractivity contribution in [3.8, 4) is 17.2 Å². The minimum atomic E-state index is -0.494. The maximum Gasteiger partial charge on any atom is 0.410 e. The van der Waals surface area contributed by atoms with Gasteiger partial charge in [0.05, 0.1) is 27.4 Å². The Labute approximate surface area is 195 Å². The lowest BCUT2D eigenvalue weighted by Crippen LogP contribution is -2.63. The molecule has 0 spiro atoms. The molecule has 1 fully saturated rings. The lowest BCUT2D eigenvalue weighted by atomic mass is 10.1. The fourth-order valence-electron chi connectivity index (χ4n) is 2.91. The molecule has 0 bridgehead atoms. The highest BCUT2D eigenvalue weighted by molar-refractivity contribution is 14.0. The first-order valence-corrected chi connectivity index (χ1v) is 9.45. The number of nitrogens with zero attached hydrogens (tertiary/aromatic N) is 2. The molecular formula is C20H33IN4O5. The van der Waals surface area contributed by atoms with Crippen molar-refractivity contribution in [3.05, 3.63) is 17.7 Å². The smallest absolute Gasteiger partial charge is 0.410 e. The maximum absolute atomic E-state index is 12.0. The second-order valence-electron chi connectivity index (χ2n) is 7.65. The van der Waals surface area contributed by atoms with Crippen molar-refractivity contribution >= 4 is 36.0 Å². The van der Waals surface area contributed by atoms with E-state index in [2.05, 4.69) is 15.6 Å². The van der Waals surface area contributed by atoms with E-state index in [-0.39, 0.29) is 36.1 Å². The summed E-state index contributed by atoms with van der Waals surface area (Å²) in [5.41, 5.74) is 0.406. The van der Waals surface area contributed by atoms with Crippen LogP contribution < -0.4 is 24.8 Å². The number of rotatable bonds is 6. The van der Waals surface area contributed by atoms with Crippen LogP contribution in [-0.4, -0.2) is 70.1 Å². The topological polar surface area (TPSA) is 93.7 Å². The van der Waals surface area contributed by atoms with Gasteiger partial charge in [-0.1, -0.05) is 0 Å². The van der Waals surface area contributed by atoms with Crippen LogP contribution in [0.1, 0.15) is 26.3 Å². The fraction of sp³-hybridized carbons (Fsp3) is 0.600. The number of hydrogen-bond acceptors (Lipinski definition) is 6. The van der Waals surface area contributed by atoms with Crippen molar-refractivity contribution in [2.75, 3.05) is 41.5 Å². The Morgan fingerprint density at radius 3 is 2.27 bits per heavy atom. The number of nitrogens with one attached hydrogen (secondary N) is 2. The molecule has 1 aliphatic heterocycles. The monoisotopic (exact) mass is 536 g/mol. The molecule has 30 heavy (non-hydrogen) atoms. The number of carbonyl (C=O) groups is 1. The highest BCUT2D eigenvalue weighted by Gasteiger charge is 2.34. The molecular weight excluding hydrogens is 503 g/mol. The van der Waals surface area contributed by atoms with Crippen LogP contribution in [0.3, 0.4) is 0 Å². The van der Waals surface area contributed by atoms with Gasteiger partial charge in [-0.05, 0) is 32.9 Å². The van der Waals surface area contributed by atoms with Gasteiger partial charge >= 0.3 is 6.09 Å². The lowest BCUT2D eigenvalue weighted by molar-refractivity contribution is 0.00701. The number of benzene rings is 1. The summed E-state index contributed by atoms with van der Waals surface area (Å²) in [6.07, 6.45) is -0.298. The molecule has 1 amide bonds. The summed E-state index contributed by atoms with van der Waals surface area (Å²) in [6, 6.07) is 3.86. The summed E-state index contributed by atoms with van der Waals surface area (Å²) in [6.45, 7) is 7.17. The molecule has 0 atom stereocenters. The molecule has 1 aromatic rings. The van der Waals surface area contributed by atoms with Crippen molar-refractivity contribution in [2.24, 2.45) is 4.99 Å². The van der Waals surface area contributed by atoms with E-state index in [1.165, 1.54) is 0 Å². The average Bonchev–Trinajstić information content (AvgIpc) is 2.63. The summed E-state index contributed by atoms with van der Waals surface area (Å²) in [5, 5.41) is 6.56. The van der Waals surface area contributed by atoms with Crippen LogP contribution in [0.2, 0.25) is 0 Å². The van der Waals surface area contributed by atoms with Gasteiger partial charge in [-0.15, -0.1) is 24.0 Å². The molecule has 0 unspecified atom stereocenters. The fourth-order valence-corrected chi connectivity index (χ4v) is 2.91. The molecule has 0 aromatic heterocycles. The second kappa shape index (κ2) is 11.3. The van der Waals surface area contributed by atoms with Crippen LogP contribution in [0.5, 0.6) is 17.2 Å². The number of guanidine groups is 1. The van der Waals surface area contributed by atoms with Crippen molar-refractivity contribution in [1.82, 2.24) is 15.5 Å². The zero-order chi connectivity index (χ0) is 21.6. The predicted molar refractivity (Wildman–Crippen MR) is 126 cm³/mol. The van der Waals surface area contributed by atoms with Gasteiger partial charge in [0.1, 0.15) is 5.60 Å². The SMILES string of the molecule is CN=C(NCc1ccc(OC)c(OC)c1OC)NC1CN(C(=O)OC(C)(C)C)C1.I. The van der Waals surface area contributed by atoms with Crippen LogP contribution >= 0.6 is 24.0 Å². The molecule has 1 heterocycles. The van der Waals surface area contributed by atoms with Crippen molar-refractivity contribution in [3.63, 3.8) is 0 Å². The van der Waals surface area contributed by atoms with Gasteiger partial charge in [-0.3, -0.25) is 4.99 Å². The maximum atomic E-state index is 12.0. The Morgan fingerprint density at radius 2 is 1.77 bits per heavy atom. The summed E-state index contributed by atoms with van der Waals surface area (Å²) < 4.78 is 21.6. The van der Waals surface area contributed by atoms with Gasteiger partial charge < -0.3 is 34.5 Å². The molecule has 0 radical (unpaired) electrons. The Kier molecular flexibility index (Phi) is 9.79. The molecule has 1 saturated heterocycles. The first kappa shape index (κ1) is 25.9. The highest BCUT2D eigenvalue weighted by Crippen LogP contribution is 2.39. The van der Waals surface area contributed by atoms with E-state index in [4.69, 9.17) is 18.9 Å². The molecule has 2 N–H and O–H groups in total. The summed E-state index contributed by atoms with van der Waals surface area (Å²) in [4.78, 5) is 17.9. The molecule has 9 nitrogen and oxygen atoms in total. The Morgan fingerprint density at radius 1 is 1.13 bits per heavy atom. The standard InChI is InChI=1S/C20H32N4O5.HI/c1-20(2,3)29-19(25)24-11-14(12-24)23-18(21-4)22-10-13-8-9-15(26-5)17(28-7)16(13)27-6;/h8-9,14H,10-12H2,1-7H3,(H2,21,22,23);1H. The normalized spacial score (nSPS) is 14.2. The van der Waals surface area contributed by atoms with Crippen LogP contribution in [0.25, 0.3) is 0 Å². The highest BCUT2D eigenvalue weighted by atomic mass is 127. The first-order chi connectivity index (χ1) is 13.7. The number of amides is 1. The molecule has 0 aliphatic carbocycles. The molecule has 2 rings (SSSR count). The Balaban J connectivity index is 0.00000450. The zero-order valence-corrected chi connectivity index (χ0v) is 21.0. The lowest BCUT2D eigenvalue weighted by Gasteiger charge is -2.40. The van der Waals surface area contributed by atoms with E-state index >= 15 is 0 Å². The summed E-state index contributed by atoms with van der Waals surface area (Å²) >= 11 is 0. The van der Waals surface area contributed by atoms with Gasteiger partial charge in [-0.25, -0.2) is 4.79 Å². The van der Waals surface area contributed by atoms with E-state index in [1.807, 2.05) is 32.9 Å². The number of ether oxygens (including phenoxy) is 4. The number of halogens is 1. The van der Waals surface area contributed by atoms with Crippen molar-refractivity contribution in [1.29, 1.82) is 0 Å². The number of aliphatic imine (C=N–C) groups is 1. The van der Waals surface area contributed by atoms with Gasteiger partial charge in [0.2, 0.25) is 5.75 Å². The van der Waals surface area contributed by atoms with Crippen molar-refractivity contribution < 1.29 is 23.7 Å². The van der Waals surface area contributed by atoms with Gasteiger partial charge in [0.25, 0.3) is 0 Å². The van der Waals surface area contributed by atoms with Gasteiger partial charge in [0.15, 0.2) is 17.5 Å². The molecule has 0 saturated carbocycles. The average molecular weight is 536 g/mol. The minimum absolute atomic E-state index is 0. The zero-order valence-electron chi connectivity index (χ0n) is 18.7. The van der Waals surface area contributed by atoms with E-state index in [9.17, 15) is 4.79 Å². The number of likely N-dealkylation sites (tertiary alicyclic amines) is 1. The third-order valence-corrected chi connectivity index (χ3v) is 4.33. The molecule has 1 aliphatic rings. The molecule has 1 aromatic carbocycles. The second-order valence-corrected chi connectivity index (χ2v) is 7.65. The molecule has 10 heteroatoms. The van der Waals surface area contributed by atoms with Gasteiger partial charge in [-0.2, -0.15) is 0 Å². The Hall–Kier alpha value is -2.11. The van der Waals surface area contributed by atoms with Crippen LogP contribution in [0.4, 0.5) is 4.79 Å². The third kappa shape index (κ3) is 6.71. The van der Waals surface area contributed by atoms with E-state index in [1.54, 1.807) is 33.3 Å². The summed E-state index contributed by atoms with van der Waals surface area (Å²) in [5.74, 6) is 2.39. The van der Waals surface area contributed by atoms with Crippen molar-refractivity contribution in [2.45, 2.75) is 39.0 Å². The van der Waals surface area contributed by atoms with Crippen LogP contribution in [0, 0.1) is 0 Å². The van der Waals surface area contributed by atoms with Gasteiger partial charge in [0, 0.05) is 32.2 Å². The van der Waals surface area contributed by atoms with E-state index in [0.717, 1.165) is 5.56 Å².